The molecule has 2 heterocycles. The molecule has 4 heteroatoms. The van der Waals surface area contributed by atoms with Crippen molar-refractivity contribution in [2.24, 2.45) is 7.05 Å². The molecule has 0 unspecified atom stereocenters. The Morgan fingerprint density at radius 1 is 1.23 bits per heavy atom. The average Bonchev–Trinajstić information content (AvgIpc) is 2.65. The molecule has 68 valence electrons. The van der Waals surface area contributed by atoms with E-state index in [-0.39, 0.29) is 0 Å². The molecule has 4 nitrogen and oxygen atoms in total. The van der Waals surface area contributed by atoms with E-state index in [4.69, 9.17) is 0 Å². The molecular formula is C9H12N4. The number of nitrogens with zero attached hydrogens (tertiary/aromatic N) is 4. The van der Waals surface area contributed by atoms with Gasteiger partial charge in [-0.1, -0.05) is 0 Å². The molecule has 2 aromatic rings. The number of imidazole rings is 2. The maximum Gasteiger partial charge on any atom is 0.128 e. The second-order valence-electron chi connectivity index (χ2n) is 3.06. The van der Waals surface area contributed by atoms with Gasteiger partial charge >= 0.3 is 0 Å². The number of hydrogen-bond donors (Lipinski definition) is 0. The molecule has 0 fully saturated rings. The van der Waals surface area contributed by atoms with Crippen molar-refractivity contribution in [1.29, 1.82) is 0 Å². The summed E-state index contributed by atoms with van der Waals surface area (Å²) in [6.07, 6.45) is 7.52. The zero-order valence-corrected chi connectivity index (χ0v) is 7.81. The summed E-state index contributed by atoms with van der Waals surface area (Å²) in [6, 6.07) is 0. The van der Waals surface area contributed by atoms with Crippen molar-refractivity contribution < 1.29 is 0 Å². The second kappa shape index (κ2) is 3.05. The topological polar surface area (TPSA) is 35.6 Å². The molecule has 13 heavy (non-hydrogen) atoms. The van der Waals surface area contributed by atoms with Crippen LogP contribution < -0.4 is 0 Å². The first-order chi connectivity index (χ1) is 6.27. The Morgan fingerprint density at radius 2 is 2.00 bits per heavy atom. The predicted octanol–water partition coefficient (Wildman–Crippen LogP) is 0.973. The van der Waals surface area contributed by atoms with Crippen molar-refractivity contribution in [3.63, 3.8) is 0 Å². The molecule has 0 spiro atoms. The SMILES string of the molecule is Cc1nccn1Cc1nccn1C. The predicted molar refractivity (Wildman–Crippen MR) is 49.3 cm³/mol. The van der Waals surface area contributed by atoms with Crippen LogP contribution in [-0.2, 0) is 13.6 Å². The molecule has 0 N–H and O–H groups in total. The van der Waals surface area contributed by atoms with Gasteiger partial charge in [-0.15, -0.1) is 0 Å². The summed E-state index contributed by atoms with van der Waals surface area (Å²) in [4.78, 5) is 8.40. The summed E-state index contributed by atoms with van der Waals surface area (Å²) in [5, 5.41) is 0. The van der Waals surface area contributed by atoms with Gasteiger partial charge in [0, 0.05) is 31.8 Å². The summed E-state index contributed by atoms with van der Waals surface area (Å²) >= 11 is 0. The number of aromatic nitrogens is 4. The largest absolute Gasteiger partial charge is 0.337 e. The van der Waals surface area contributed by atoms with E-state index in [1.807, 2.05) is 37.1 Å². The van der Waals surface area contributed by atoms with Gasteiger partial charge in [0.1, 0.15) is 11.6 Å². The van der Waals surface area contributed by atoms with Crippen LogP contribution in [0.2, 0.25) is 0 Å². The van der Waals surface area contributed by atoms with Crippen LogP contribution in [0, 0.1) is 6.92 Å². The van der Waals surface area contributed by atoms with E-state index in [0.717, 1.165) is 18.2 Å². The lowest BCUT2D eigenvalue weighted by Gasteiger charge is -2.04. The lowest BCUT2D eigenvalue weighted by molar-refractivity contribution is 0.681. The van der Waals surface area contributed by atoms with E-state index in [1.54, 1.807) is 6.20 Å². The first-order valence-electron chi connectivity index (χ1n) is 4.21. The van der Waals surface area contributed by atoms with Crippen LogP contribution in [0.5, 0.6) is 0 Å². The minimum absolute atomic E-state index is 0.787. The van der Waals surface area contributed by atoms with Gasteiger partial charge in [-0.2, -0.15) is 0 Å². The molecule has 0 atom stereocenters. The molecule has 0 saturated heterocycles. The Morgan fingerprint density at radius 3 is 2.54 bits per heavy atom. The summed E-state index contributed by atoms with van der Waals surface area (Å²) in [5.74, 6) is 2.06. The lowest BCUT2D eigenvalue weighted by atomic mass is 10.5. The highest BCUT2D eigenvalue weighted by Crippen LogP contribution is 2.01. The third kappa shape index (κ3) is 1.47. The standard InChI is InChI=1S/C9H12N4/c1-8-10-4-6-13(8)7-9-11-3-5-12(9)2/h3-6H,7H2,1-2H3. The molecular weight excluding hydrogens is 164 g/mol. The molecule has 0 aromatic carbocycles. The fourth-order valence-corrected chi connectivity index (χ4v) is 1.27. The smallest absolute Gasteiger partial charge is 0.128 e. The summed E-state index contributed by atoms with van der Waals surface area (Å²) in [5.41, 5.74) is 0. The molecule has 0 saturated carbocycles. The quantitative estimate of drug-likeness (QED) is 0.683. The van der Waals surface area contributed by atoms with Crippen LogP contribution in [0.3, 0.4) is 0 Å². The number of aryl methyl sites for hydroxylation is 2. The number of rotatable bonds is 2. The fraction of sp³-hybridized carbons (Fsp3) is 0.333. The second-order valence-corrected chi connectivity index (χ2v) is 3.06. The van der Waals surface area contributed by atoms with Crippen molar-refractivity contribution in [1.82, 2.24) is 19.1 Å². The van der Waals surface area contributed by atoms with Crippen LogP contribution in [0.15, 0.2) is 24.8 Å². The molecule has 0 radical (unpaired) electrons. The van der Waals surface area contributed by atoms with Crippen LogP contribution in [0.25, 0.3) is 0 Å². The molecule has 0 aliphatic carbocycles. The normalized spacial score (nSPS) is 10.6. The highest BCUT2D eigenvalue weighted by molar-refractivity contribution is 4.97. The van der Waals surface area contributed by atoms with Gasteiger partial charge in [-0.25, -0.2) is 9.97 Å². The van der Waals surface area contributed by atoms with Gasteiger partial charge in [0.2, 0.25) is 0 Å². The lowest BCUT2D eigenvalue weighted by Crippen LogP contribution is -2.06. The van der Waals surface area contributed by atoms with Crippen molar-refractivity contribution >= 4 is 0 Å². The van der Waals surface area contributed by atoms with Gasteiger partial charge in [0.05, 0.1) is 6.54 Å². The summed E-state index contributed by atoms with van der Waals surface area (Å²) in [7, 11) is 1.99. The van der Waals surface area contributed by atoms with Crippen LogP contribution in [0.4, 0.5) is 0 Å². The van der Waals surface area contributed by atoms with E-state index in [1.165, 1.54) is 0 Å². The van der Waals surface area contributed by atoms with Gasteiger partial charge in [-0.3, -0.25) is 0 Å². The first-order valence-corrected chi connectivity index (χ1v) is 4.21. The van der Waals surface area contributed by atoms with Gasteiger partial charge in [0.25, 0.3) is 0 Å². The molecule has 0 aliphatic heterocycles. The van der Waals surface area contributed by atoms with E-state index < -0.39 is 0 Å². The fourth-order valence-electron chi connectivity index (χ4n) is 1.27. The molecule has 0 aliphatic rings. The van der Waals surface area contributed by atoms with Gasteiger partial charge in [-0.05, 0) is 6.92 Å². The highest BCUT2D eigenvalue weighted by Gasteiger charge is 2.01. The summed E-state index contributed by atoms with van der Waals surface area (Å²) < 4.78 is 4.09. The Kier molecular flexibility index (Phi) is 1.88. The van der Waals surface area contributed by atoms with Gasteiger partial charge in [0.15, 0.2) is 0 Å². The zero-order chi connectivity index (χ0) is 9.26. The zero-order valence-electron chi connectivity index (χ0n) is 7.81. The molecule has 2 aromatic heterocycles. The van der Waals surface area contributed by atoms with Crippen LogP contribution in [-0.4, -0.2) is 19.1 Å². The third-order valence-electron chi connectivity index (χ3n) is 2.16. The molecule has 0 amide bonds. The molecule has 0 bridgehead atoms. The van der Waals surface area contributed by atoms with Crippen LogP contribution in [0.1, 0.15) is 11.6 Å². The minimum Gasteiger partial charge on any atom is -0.337 e. The average molecular weight is 176 g/mol. The Bertz CT molecular complexity index is 361. The summed E-state index contributed by atoms with van der Waals surface area (Å²) in [6.45, 7) is 2.78. The van der Waals surface area contributed by atoms with E-state index in [0.29, 0.717) is 0 Å². The minimum atomic E-state index is 0.787. The van der Waals surface area contributed by atoms with E-state index in [2.05, 4.69) is 14.5 Å². The Balaban J connectivity index is 2.24. The highest BCUT2D eigenvalue weighted by atomic mass is 15.1. The van der Waals surface area contributed by atoms with Crippen molar-refractivity contribution in [3.05, 3.63) is 36.4 Å². The Labute approximate surface area is 76.9 Å². The maximum absolute atomic E-state index is 4.25. The molecule has 2 rings (SSSR count). The number of hydrogen-bond acceptors (Lipinski definition) is 2. The monoisotopic (exact) mass is 176 g/mol. The Hall–Kier alpha value is -1.58. The van der Waals surface area contributed by atoms with Crippen molar-refractivity contribution in [2.75, 3.05) is 0 Å². The van der Waals surface area contributed by atoms with Crippen molar-refractivity contribution in [2.45, 2.75) is 13.5 Å². The van der Waals surface area contributed by atoms with Crippen LogP contribution >= 0.6 is 0 Å². The van der Waals surface area contributed by atoms with E-state index >= 15 is 0 Å². The third-order valence-corrected chi connectivity index (χ3v) is 2.16. The van der Waals surface area contributed by atoms with Crippen molar-refractivity contribution in [3.8, 4) is 0 Å². The van der Waals surface area contributed by atoms with E-state index in [9.17, 15) is 0 Å². The van der Waals surface area contributed by atoms with Gasteiger partial charge < -0.3 is 9.13 Å². The maximum atomic E-state index is 4.25. The first kappa shape index (κ1) is 8.04.